The third-order valence-corrected chi connectivity index (χ3v) is 3.46. The van der Waals surface area contributed by atoms with Gasteiger partial charge in [-0.15, -0.1) is 0 Å². The van der Waals surface area contributed by atoms with Gasteiger partial charge in [-0.3, -0.25) is 4.21 Å². The van der Waals surface area contributed by atoms with Crippen molar-refractivity contribution in [2.75, 3.05) is 5.75 Å². The normalized spacial score (nSPS) is 15.4. The van der Waals surface area contributed by atoms with E-state index >= 15 is 0 Å². The molecule has 15 heavy (non-hydrogen) atoms. The molecule has 2 nitrogen and oxygen atoms in total. The maximum absolute atomic E-state index is 11.8. The van der Waals surface area contributed by atoms with Gasteiger partial charge in [-0.25, -0.2) is 0 Å². The van der Waals surface area contributed by atoms with Crippen LogP contribution in [-0.4, -0.2) is 21.2 Å². The molecular weight excluding hydrogens is 208 g/mol. The topological polar surface area (TPSA) is 37.3 Å². The predicted octanol–water partition coefficient (Wildman–Crippen LogP) is 2.04. The summed E-state index contributed by atoms with van der Waals surface area (Å²) in [5.41, 5.74) is 1.14. The monoisotopic (exact) mass is 224 g/mol. The minimum atomic E-state index is -1.12. The molecule has 3 heteroatoms. The van der Waals surface area contributed by atoms with Crippen LogP contribution in [-0.2, 0) is 10.8 Å². The minimum absolute atomic E-state index is 0.257. The zero-order valence-corrected chi connectivity index (χ0v) is 9.83. The molecule has 0 saturated heterocycles. The summed E-state index contributed by atoms with van der Waals surface area (Å²) in [6.45, 7) is 3.82. The van der Waals surface area contributed by atoms with Gasteiger partial charge in [0.25, 0.3) is 0 Å². The minimum Gasteiger partial charge on any atom is -0.388 e. The number of benzene rings is 1. The molecule has 0 aliphatic carbocycles. The molecule has 82 valence electrons. The summed E-state index contributed by atoms with van der Waals surface area (Å²) < 4.78 is 11.8. The molecule has 0 saturated carbocycles. The average molecular weight is 224 g/mol. The largest absolute Gasteiger partial charge is 0.388 e. The zero-order valence-electron chi connectivity index (χ0n) is 9.01. The van der Waals surface area contributed by atoms with Crippen LogP contribution in [0.1, 0.15) is 12.5 Å². The van der Waals surface area contributed by atoms with Crippen molar-refractivity contribution in [2.24, 2.45) is 0 Å². The Morgan fingerprint density at radius 2 is 2.00 bits per heavy atom. The summed E-state index contributed by atoms with van der Waals surface area (Å²) in [6, 6.07) is 7.53. The van der Waals surface area contributed by atoms with Gasteiger partial charge < -0.3 is 5.11 Å². The highest BCUT2D eigenvalue weighted by Gasteiger charge is 2.08. The van der Waals surface area contributed by atoms with Crippen LogP contribution >= 0.6 is 0 Å². The van der Waals surface area contributed by atoms with E-state index in [-0.39, 0.29) is 5.75 Å². The molecule has 0 spiro atoms. The van der Waals surface area contributed by atoms with E-state index in [0.29, 0.717) is 0 Å². The molecule has 0 radical (unpaired) electrons. The van der Waals surface area contributed by atoms with E-state index in [1.165, 1.54) is 0 Å². The molecule has 0 aliphatic heterocycles. The number of aliphatic hydroxyl groups is 1. The van der Waals surface area contributed by atoms with Crippen LogP contribution in [0.25, 0.3) is 0 Å². The highest BCUT2D eigenvalue weighted by molar-refractivity contribution is 7.85. The highest BCUT2D eigenvalue weighted by atomic mass is 32.2. The fourth-order valence-corrected chi connectivity index (χ4v) is 2.27. The Labute approximate surface area is 93.1 Å². The van der Waals surface area contributed by atoms with Crippen LogP contribution in [0.4, 0.5) is 0 Å². The van der Waals surface area contributed by atoms with Crippen molar-refractivity contribution >= 4 is 10.8 Å². The van der Waals surface area contributed by atoms with Crippen LogP contribution in [0.5, 0.6) is 0 Å². The zero-order chi connectivity index (χ0) is 11.3. The van der Waals surface area contributed by atoms with E-state index in [9.17, 15) is 9.32 Å². The van der Waals surface area contributed by atoms with Crippen molar-refractivity contribution < 1.29 is 9.32 Å². The summed E-state index contributed by atoms with van der Waals surface area (Å²) in [6.07, 6.45) is 2.78. The summed E-state index contributed by atoms with van der Waals surface area (Å²) in [7, 11) is -1.12. The second-order valence-corrected chi connectivity index (χ2v) is 4.91. The number of allylic oxidation sites excluding steroid dienone is 1. The summed E-state index contributed by atoms with van der Waals surface area (Å²) >= 11 is 0. The van der Waals surface area contributed by atoms with E-state index in [1.54, 1.807) is 12.2 Å². The quantitative estimate of drug-likeness (QED) is 0.795. The first kappa shape index (κ1) is 12.1. The Kier molecular flexibility index (Phi) is 4.72. The lowest BCUT2D eigenvalue weighted by Gasteiger charge is -2.05. The van der Waals surface area contributed by atoms with Gasteiger partial charge in [0.15, 0.2) is 0 Å². The maximum Gasteiger partial charge on any atom is 0.0839 e. The van der Waals surface area contributed by atoms with Crippen LogP contribution in [0.2, 0.25) is 0 Å². The predicted molar refractivity (Wildman–Crippen MR) is 63.3 cm³/mol. The van der Waals surface area contributed by atoms with E-state index < -0.39 is 16.9 Å². The van der Waals surface area contributed by atoms with E-state index in [0.717, 1.165) is 10.5 Å². The summed E-state index contributed by atoms with van der Waals surface area (Å²) in [4.78, 5) is 0.768. The summed E-state index contributed by atoms with van der Waals surface area (Å²) in [5, 5.41) is 9.46. The smallest absolute Gasteiger partial charge is 0.0839 e. The third kappa shape index (κ3) is 3.98. The van der Waals surface area contributed by atoms with Gasteiger partial charge in [-0.2, -0.15) is 0 Å². The van der Waals surface area contributed by atoms with Crippen LogP contribution in [0.3, 0.4) is 0 Å². The fraction of sp³-hybridized carbons (Fsp3) is 0.333. The molecule has 1 rings (SSSR count). The van der Waals surface area contributed by atoms with Gasteiger partial charge in [0.1, 0.15) is 0 Å². The number of hydrogen-bond acceptors (Lipinski definition) is 2. The van der Waals surface area contributed by atoms with Crippen molar-refractivity contribution in [3.8, 4) is 0 Å². The lowest BCUT2D eigenvalue weighted by molar-refractivity contribution is 0.247. The number of rotatable bonds is 4. The maximum atomic E-state index is 11.8. The molecule has 0 aliphatic rings. The molecule has 2 atom stereocenters. The number of hydrogen-bond donors (Lipinski definition) is 1. The first-order chi connectivity index (χ1) is 7.13. The lowest BCUT2D eigenvalue weighted by atomic mass is 10.2. The summed E-state index contributed by atoms with van der Waals surface area (Å²) in [5.74, 6) is 0.257. The number of aliphatic hydroxyl groups excluding tert-OH is 1. The molecule has 1 aromatic rings. The third-order valence-electron chi connectivity index (χ3n) is 2.02. The van der Waals surface area contributed by atoms with E-state index in [2.05, 4.69) is 0 Å². The van der Waals surface area contributed by atoms with Gasteiger partial charge in [-0.1, -0.05) is 29.8 Å². The van der Waals surface area contributed by atoms with Crippen molar-refractivity contribution in [1.29, 1.82) is 0 Å². The molecule has 2 unspecified atom stereocenters. The Hall–Kier alpha value is -0.930. The standard InChI is InChI=1S/C12H16O2S/c1-3-4-11(13)9-15(14)12-7-5-10(2)6-8-12/h3-8,11,13H,9H2,1-2H3/b4-3+. The fourth-order valence-electron chi connectivity index (χ4n) is 1.22. The molecule has 0 fully saturated rings. The van der Waals surface area contributed by atoms with Crippen molar-refractivity contribution in [2.45, 2.75) is 24.8 Å². The Morgan fingerprint density at radius 1 is 1.40 bits per heavy atom. The number of aryl methyl sites for hydroxylation is 1. The van der Waals surface area contributed by atoms with Crippen LogP contribution in [0, 0.1) is 6.92 Å². The van der Waals surface area contributed by atoms with Gasteiger partial charge in [0, 0.05) is 4.90 Å². The molecular formula is C12H16O2S. The van der Waals surface area contributed by atoms with Gasteiger partial charge in [0.05, 0.1) is 22.7 Å². The lowest BCUT2D eigenvalue weighted by Crippen LogP contribution is -2.13. The van der Waals surface area contributed by atoms with Gasteiger partial charge in [-0.05, 0) is 26.0 Å². The van der Waals surface area contributed by atoms with E-state index in [4.69, 9.17) is 0 Å². The molecule has 0 heterocycles. The second kappa shape index (κ2) is 5.83. The Balaban J connectivity index is 2.65. The second-order valence-electron chi connectivity index (χ2n) is 3.42. The van der Waals surface area contributed by atoms with Crippen LogP contribution in [0.15, 0.2) is 41.3 Å². The van der Waals surface area contributed by atoms with Crippen molar-refractivity contribution in [3.63, 3.8) is 0 Å². The van der Waals surface area contributed by atoms with Crippen molar-refractivity contribution in [3.05, 3.63) is 42.0 Å². The highest BCUT2D eigenvalue weighted by Crippen LogP contribution is 2.09. The van der Waals surface area contributed by atoms with Crippen molar-refractivity contribution in [1.82, 2.24) is 0 Å². The Bertz CT molecular complexity index is 354. The molecule has 1 N–H and O–H groups in total. The van der Waals surface area contributed by atoms with Gasteiger partial charge >= 0.3 is 0 Å². The molecule has 1 aromatic carbocycles. The molecule has 0 aromatic heterocycles. The van der Waals surface area contributed by atoms with E-state index in [1.807, 2.05) is 38.1 Å². The average Bonchev–Trinajstić information content (AvgIpc) is 2.18. The van der Waals surface area contributed by atoms with Gasteiger partial charge in [0.2, 0.25) is 0 Å². The first-order valence-corrected chi connectivity index (χ1v) is 6.21. The van der Waals surface area contributed by atoms with Crippen LogP contribution < -0.4 is 0 Å². The SMILES string of the molecule is C/C=C/C(O)CS(=O)c1ccc(C)cc1. The Morgan fingerprint density at radius 3 is 2.53 bits per heavy atom. The molecule has 0 amide bonds. The molecule has 0 bridgehead atoms. The first-order valence-electron chi connectivity index (χ1n) is 4.89.